The van der Waals surface area contributed by atoms with E-state index in [0.29, 0.717) is 24.8 Å². The van der Waals surface area contributed by atoms with Gasteiger partial charge in [0.15, 0.2) is 5.92 Å². The Balaban J connectivity index is 1.36. The van der Waals surface area contributed by atoms with Gasteiger partial charge in [-0.15, -0.1) is 0 Å². The number of furan rings is 1. The van der Waals surface area contributed by atoms with Gasteiger partial charge in [-0.3, -0.25) is 19.8 Å². The topological polar surface area (TPSA) is 87.4 Å². The second-order valence-electron chi connectivity index (χ2n) is 8.88. The van der Waals surface area contributed by atoms with Crippen LogP contribution in [0.25, 0.3) is 0 Å². The summed E-state index contributed by atoms with van der Waals surface area (Å²) in [5.74, 6) is -1.17. The lowest BCUT2D eigenvalue weighted by atomic mass is 9.95. The molecule has 1 aromatic heterocycles. The summed E-state index contributed by atoms with van der Waals surface area (Å²) in [6.45, 7) is 4.85. The van der Waals surface area contributed by atoms with Crippen LogP contribution in [0.4, 0.5) is 0 Å². The van der Waals surface area contributed by atoms with Crippen LogP contribution < -0.4 is 5.32 Å². The number of nitrogens with zero attached hydrogens (tertiary/aromatic N) is 3. The SMILES string of the molecule is CCOC(=O)[C@@H]1C(=O)NC(N2CCN(C(c3ccccc3)c3ccccc3)CC2)=N[C@@H]1c1ccco1. The number of amides is 1. The van der Waals surface area contributed by atoms with E-state index in [0.717, 1.165) is 13.1 Å². The molecule has 0 spiro atoms. The number of aliphatic imine (C=N–C) groups is 1. The number of ether oxygens (including phenoxy) is 1. The first kappa shape index (κ1) is 23.8. The molecular weight excluding hydrogens is 456 g/mol. The predicted octanol–water partition coefficient (Wildman–Crippen LogP) is 3.39. The zero-order valence-corrected chi connectivity index (χ0v) is 20.2. The minimum atomic E-state index is -1.08. The Morgan fingerprint density at radius 3 is 2.19 bits per heavy atom. The lowest BCUT2D eigenvalue weighted by molar-refractivity contribution is -0.153. The first-order valence-electron chi connectivity index (χ1n) is 12.3. The summed E-state index contributed by atoms with van der Waals surface area (Å²) in [7, 11) is 0. The molecule has 0 radical (unpaired) electrons. The number of esters is 1. The minimum absolute atomic E-state index is 0.140. The molecule has 1 fully saturated rings. The molecule has 8 heteroatoms. The normalized spacial score (nSPS) is 20.7. The van der Waals surface area contributed by atoms with Gasteiger partial charge in [0, 0.05) is 26.2 Å². The number of nitrogens with one attached hydrogen (secondary N) is 1. The second-order valence-corrected chi connectivity index (χ2v) is 8.88. The largest absolute Gasteiger partial charge is 0.467 e. The van der Waals surface area contributed by atoms with Crippen LogP contribution in [0.5, 0.6) is 0 Å². The highest BCUT2D eigenvalue weighted by Crippen LogP contribution is 2.32. The maximum atomic E-state index is 13.0. The molecule has 2 aliphatic heterocycles. The van der Waals surface area contributed by atoms with Gasteiger partial charge in [0.1, 0.15) is 11.8 Å². The van der Waals surface area contributed by atoms with Crippen LogP contribution in [0.1, 0.15) is 35.9 Å². The quantitative estimate of drug-likeness (QED) is 0.425. The third kappa shape index (κ3) is 4.90. The molecule has 36 heavy (non-hydrogen) atoms. The molecule has 3 heterocycles. The van der Waals surface area contributed by atoms with Gasteiger partial charge in [0.2, 0.25) is 11.9 Å². The van der Waals surface area contributed by atoms with Crippen molar-refractivity contribution < 1.29 is 18.7 Å². The first-order valence-corrected chi connectivity index (χ1v) is 12.3. The first-order chi connectivity index (χ1) is 17.7. The van der Waals surface area contributed by atoms with E-state index in [4.69, 9.17) is 14.1 Å². The predicted molar refractivity (Wildman–Crippen MR) is 135 cm³/mol. The number of benzene rings is 2. The van der Waals surface area contributed by atoms with Crippen LogP contribution in [-0.2, 0) is 14.3 Å². The van der Waals surface area contributed by atoms with Crippen molar-refractivity contribution in [2.45, 2.75) is 19.0 Å². The van der Waals surface area contributed by atoms with Gasteiger partial charge in [-0.25, -0.2) is 4.99 Å². The molecule has 2 aliphatic rings. The highest BCUT2D eigenvalue weighted by molar-refractivity contribution is 6.08. The number of piperazine rings is 1. The number of hydrogen-bond acceptors (Lipinski definition) is 7. The summed E-state index contributed by atoms with van der Waals surface area (Å²) in [5, 5.41) is 2.85. The van der Waals surface area contributed by atoms with E-state index in [-0.39, 0.29) is 12.6 Å². The Hall–Kier alpha value is -3.91. The van der Waals surface area contributed by atoms with Gasteiger partial charge in [0.05, 0.1) is 18.9 Å². The van der Waals surface area contributed by atoms with E-state index in [9.17, 15) is 9.59 Å². The van der Waals surface area contributed by atoms with E-state index in [1.54, 1.807) is 19.1 Å². The van der Waals surface area contributed by atoms with Crippen molar-refractivity contribution in [3.8, 4) is 0 Å². The van der Waals surface area contributed by atoms with Crippen LogP contribution in [0.15, 0.2) is 88.5 Å². The van der Waals surface area contributed by atoms with Gasteiger partial charge in [0.25, 0.3) is 0 Å². The Labute approximate surface area is 210 Å². The lowest BCUT2D eigenvalue weighted by Gasteiger charge is -2.41. The zero-order chi connectivity index (χ0) is 24.9. The van der Waals surface area contributed by atoms with E-state index in [1.807, 2.05) is 12.1 Å². The molecule has 0 aliphatic carbocycles. The van der Waals surface area contributed by atoms with Crippen LogP contribution in [0, 0.1) is 5.92 Å². The van der Waals surface area contributed by atoms with Crippen molar-refractivity contribution in [3.05, 3.63) is 95.9 Å². The molecule has 1 amide bonds. The summed E-state index contributed by atoms with van der Waals surface area (Å²) in [5.41, 5.74) is 2.49. The average Bonchev–Trinajstić information content (AvgIpc) is 3.45. The van der Waals surface area contributed by atoms with E-state index < -0.39 is 23.8 Å². The fourth-order valence-electron chi connectivity index (χ4n) is 4.96. The number of hydrogen-bond donors (Lipinski definition) is 1. The Kier molecular flexibility index (Phi) is 7.13. The van der Waals surface area contributed by atoms with Gasteiger partial charge >= 0.3 is 5.97 Å². The molecule has 2 aromatic carbocycles. The molecule has 3 aromatic rings. The molecule has 8 nitrogen and oxygen atoms in total. The molecule has 1 saturated heterocycles. The minimum Gasteiger partial charge on any atom is -0.467 e. The number of carbonyl (C=O) groups excluding carboxylic acids is 2. The lowest BCUT2D eigenvalue weighted by Crippen LogP contribution is -2.57. The van der Waals surface area contributed by atoms with Crippen LogP contribution in [0.3, 0.4) is 0 Å². The number of guanidine groups is 1. The third-order valence-corrected chi connectivity index (χ3v) is 6.68. The third-order valence-electron chi connectivity index (χ3n) is 6.68. The fourth-order valence-corrected chi connectivity index (χ4v) is 4.96. The highest BCUT2D eigenvalue weighted by atomic mass is 16.5. The molecule has 2 atom stereocenters. The van der Waals surface area contributed by atoms with Gasteiger partial charge in [-0.05, 0) is 30.2 Å². The standard InChI is InChI=1S/C28H30N4O4/c1-2-35-27(34)23-24(22-14-9-19-36-22)29-28(30-26(23)33)32-17-15-31(16-18-32)25(20-10-5-3-6-11-20)21-12-7-4-8-13-21/h3-14,19,23-25H,2,15-18H2,1H3,(H,29,30,33)/t23-,24+/m0/s1. The zero-order valence-electron chi connectivity index (χ0n) is 20.2. The van der Waals surface area contributed by atoms with Crippen molar-refractivity contribution in [1.82, 2.24) is 15.1 Å². The average molecular weight is 487 g/mol. The maximum Gasteiger partial charge on any atom is 0.321 e. The van der Waals surface area contributed by atoms with Gasteiger partial charge < -0.3 is 14.1 Å². The van der Waals surface area contributed by atoms with Crippen molar-refractivity contribution in [3.63, 3.8) is 0 Å². The Morgan fingerprint density at radius 1 is 1.00 bits per heavy atom. The summed E-state index contributed by atoms with van der Waals surface area (Å²) < 4.78 is 10.7. The molecule has 0 unspecified atom stereocenters. The fraction of sp³-hybridized carbons (Fsp3) is 0.321. The maximum absolute atomic E-state index is 13.0. The van der Waals surface area contributed by atoms with Crippen LogP contribution in [0.2, 0.25) is 0 Å². The number of rotatable bonds is 6. The van der Waals surface area contributed by atoms with Crippen LogP contribution in [-0.4, -0.2) is 60.4 Å². The monoisotopic (exact) mass is 486 g/mol. The van der Waals surface area contributed by atoms with Crippen molar-refractivity contribution in [1.29, 1.82) is 0 Å². The Morgan fingerprint density at radius 2 is 1.64 bits per heavy atom. The van der Waals surface area contributed by atoms with Crippen LogP contribution >= 0.6 is 0 Å². The molecule has 186 valence electrons. The van der Waals surface area contributed by atoms with E-state index in [2.05, 4.69) is 63.6 Å². The summed E-state index contributed by atoms with van der Waals surface area (Å²) in [6.07, 6.45) is 1.52. The molecule has 0 bridgehead atoms. The summed E-state index contributed by atoms with van der Waals surface area (Å²) >= 11 is 0. The van der Waals surface area contributed by atoms with Gasteiger partial charge in [-0.1, -0.05) is 60.7 Å². The summed E-state index contributed by atoms with van der Waals surface area (Å²) in [6, 6.07) is 23.9. The van der Waals surface area contributed by atoms with E-state index >= 15 is 0 Å². The van der Waals surface area contributed by atoms with Crippen molar-refractivity contribution in [2.75, 3.05) is 32.8 Å². The Bertz CT molecular complexity index is 1150. The second kappa shape index (κ2) is 10.8. The molecular formula is C28H30N4O4. The molecule has 0 saturated carbocycles. The number of carbonyl (C=O) groups is 2. The van der Waals surface area contributed by atoms with Crippen molar-refractivity contribution in [2.24, 2.45) is 10.9 Å². The molecule has 1 N–H and O–H groups in total. The summed E-state index contributed by atoms with van der Waals surface area (Å²) in [4.78, 5) is 34.9. The smallest absolute Gasteiger partial charge is 0.321 e. The van der Waals surface area contributed by atoms with Gasteiger partial charge in [-0.2, -0.15) is 0 Å². The molecule has 5 rings (SSSR count). The highest BCUT2D eigenvalue weighted by Gasteiger charge is 2.43. The van der Waals surface area contributed by atoms with E-state index in [1.165, 1.54) is 17.4 Å². The van der Waals surface area contributed by atoms with Crippen molar-refractivity contribution >= 4 is 17.8 Å².